The molecule has 0 aliphatic carbocycles. The van der Waals surface area contributed by atoms with Crippen LogP contribution in [0.5, 0.6) is 0 Å². The van der Waals surface area contributed by atoms with Gasteiger partial charge in [-0.2, -0.15) is 16.4 Å². The molecule has 1 N–H and O–H groups in total. The van der Waals surface area contributed by atoms with Gasteiger partial charge in [0.2, 0.25) is 0 Å². The Balaban J connectivity index is 1.69. The highest BCUT2D eigenvalue weighted by Gasteiger charge is 2.28. The fourth-order valence-electron chi connectivity index (χ4n) is 2.36. The van der Waals surface area contributed by atoms with Crippen LogP contribution in [0.2, 0.25) is 0 Å². The molecule has 1 atom stereocenters. The Morgan fingerprint density at radius 3 is 3.29 bits per heavy atom. The van der Waals surface area contributed by atoms with Crippen molar-refractivity contribution >= 4 is 17.2 Å². The zero-order valence-corrected chi connectivity index (χ0v) is 12.7. The number of morpholine rings is 1. The van der Waals surface area contributed by atoms with Crippen LogP contribution in [0, 0.1) is 0 Å². The summed E-state index contributed by atoms with van der Waals surface area (Å²) in [5.41, 5.74) is 0.738. The summed E-state index contributed by atoms with van der Waals surface area (Å²) in [7, 11) is 0. The second-order valence-electron chi connectivity index (χ2n) is 5.01. The lowest BCUT2D eigenvalue weighted by Gasteiger charge is -2.31. The maximum atomic E-state index is 12.4. The molecule has 1 saturated heterocycles. The molecule has 7 heteroatoms. The highest BCUT2D eigenvalue weighted by molar-refractivity contribution is 7.08. The van der Waals surface area contributed by atoms with Crippen molar-refractivity contribution < 1.29 is 9.53 Å². The number of aryl methyl sites for hydroxylation is 1. The minimum atomic E-state index is -0.247. The molecule has 0 saturated carbocycles. The zero-order chi connectivity index (χ0) is 14.7. The third-order valence-corrected chi connectivity index (χ3v) is 4.13. The maximum absolute atomic E-state index is 12.4. The van der Waals surface area contributed by atoms with Crippen molar-refractivity contribution in [3.63, 3.8) is 0 Å². The van der Waals surface area contributed by atoms with Crippen LogP contribution in [0.25, 0.3) is 0 Å². The predicted molar refractivity (Wildman–Crippen MR) is 79.3 cm³/mol. The van der Waals surface area contributed by atoms with Crippen molar-refractivity contribution in [2.75, 3.05) is 19.7 Å². The number of carbonyl (C=O) groups excluding carboxylic acids is 1. The minimum Gasteiger partial charge on any atom is -0.366 e. The van der Waals surface area contributed by atoms with E-state index in [4.69, 9.17) is 4.74 Å². The van der Waals surface area contributed by atoms with Gasteiger partial charge in [-0.15, -0.1) is 0 Å². The van der Waals surface area contributed by atoms with E-state index in [2.05, 4.69) is 22.1 Å². The van der Waals surface area contributed by atoms with Crippen molar-refractivity contribution in [1.29, 1.82) is 0 Å². The van der Waals surface area contributed by atoms with Crippen molar-refractivity contribution in [1.82, 2.24) is 20.1 Å². The molecule has 0 radical (unpaired) electrons. The van der Waals surface area contributed by atoms with Crippen LogP contribution in [0.4, 0.5) is 0 Å². The lowest BCUT2D eigenvalue weighted by molar-refractivity contribution is -0.0266. The molecule has 0 spiro atoms. The van der Waals surface area contributed by atoms with Crippen LogP contribution in [0.1, 0.15) is 41.5 Å². The van der Waals surface area contributed by atoms with Crippen molar-refractivity contribution in [2.24, 2.45) is 0 Å². The first-order chi connectivity index (χ1) is 10.3. The third kappa shape index (κ3) is 3.14. The topological polar surface area (TPSA) is 71.1 Å². The fraction of sp³-hybridized carbons (Fsp3) is 0.500. The van der Waals surface area contributed by atoms with Gasteiger partial charge in [-0.25, -0.2) is 4.98 Å². The van der Waals surface area contributed by atoms with E-state index in [1.807, 2.05) is 21.7 Å². The van der Waals surface area contributed by atoms with Crippen LogP contribution in [-0.4, -0.2) is 45.7 Å². The maximum Gasteiger partial charge on any atom is 0.254 e. The van der Waals surface area contributed by atoms with E-state index >= 15 is 0 Å². The Morgan fingerprint density at radius 2 is 2.52 bits per heavy atom. The first kappa shape index (κ1) is 14.2. The molecular weight excluding hydrogens is 288 g/mol. The van der Waals surface area contributed by atoms with E-state index < -0.39 is 0 Å². The summed E-state index contributed by atoms with van der Waals surface area (Å²) in [6, 6.07) is 1.85. The monoisotopic (exact) mass is 306 g/mol. The number of nitrogens with zero attached hydrogens (tertiary/aromatic N) is 3. The second-order valence-corrected chi connectivity index (χ2v) is 5.79. The number of hydrogen-bond acceptors (Lipinski definition) is 5. The summed E-state index contributed by atoms with van der Waals surface area (Å²) in [6.07, 6.45) is 1.64. The molecule has 1 fully saturated rings. The number of ether oxygens (including phenoxy) is 1. The number of amides is 1. The molecule has 1 aliphatic rings. The van der Waals surface area contributed by atoms with Crippen LogP contribution < -0.4 is 0 Å². The Morgan fingerprint density at radius 1 is 1.62 bits per heavy atom. The SMILES string of the molecule is CCCc1nc(C2CN(C(=O)c3ccsc3)CCO2)n[nH]1. The average Bonchev–Trinajstić information content (AvgIpc) is 3.18. The highest BCUT2D eigenvalue weighted by Crippen LogP contribution is 2.21. The zero-order valence-electron chi connectivity index (χ0n) is 11.9. The molecule has 3 rings (SSSR count). The molecule has 0 bridgehead atoms. The van der Waals surface area contributed by atoms with Crippen molar-refractivity contribution in [3.05, 3.63) is 34.0 Å². The second kappa shape index (κ2) is 6.36. The molecular formula is C14H18N4O2S. The standard InChI is InChI=1S/C14H18N4O2S/c1-2-3-12-15-13(17-16-12)11-8-18(5-6-20-11)14(19)10-4-7-21-9-10/h4,7,9,11H,2-3,5-6,8H2,1H3,(H,15,16,17). The number of aromatic nitrogens is 3. The van der Waals surface area contributed by atoms with Gasteiger partial charge in [-0.3, -0.25) is 9.89 Å². The summed E-state index contributed by atoms with van der Waals surface area (Å²) in [5, 5.41) is 10.9. The van der Waals surface area contributed by atoms with Gasteiger partial charge in [0, 0.05) is 18.3 Å². The molecule has 1 unspecified atom stereocenters. The molecule has 3 heterocycles. The van der Waals surface area contributed by atoms with Crippen LogP contribution in [-0.2, 0) is 11.2 Å². The Bertz CT molecular complexity index is 596. The number of aromatic amines is 1. The summed E-state index contributed by atoms with van der Waals surface area (Å²) in [6.45, 7) is 3.72. The van der Waals surface area contributed by atoms with Gasteiger partial charge >= 0.3 is 0 Å². The van der Waals surface area contributed by atoms with E-state index in [0.29, 0.717) is 25.5 Å². The molecule has 6 nitrogen and oxygen atoms in total. The normalized spacial score (nSPS) is 18.9. The van der Waals surface area contributed by atoms with Crippen LogP contribution in [0.15, 0.2) is 16.8 Å². The third-order valence-electron chi connectivity index (χ3n) is 3.45. The molecule has 2 aromatic rings. The molecule has 1 aliphatic heterocycles. The summed E-state index contributed by atoms with van der Waals surface area (Å²) in [4.78, 5) is 18.6. The number of nitrogens with one attached hydrogen (secondary N) is 1. The van der Waals surface area contributed by atoms with Gasteiger partial charge in [0.15, 0.2) is 5.82 Å². The number of hydrogen-bond donors (Lipinski definition) is 1. The van der Waals surface area contributed by atoms with E-state index in [-0.39, 0.29) is 12.0 Å². The summed E-state index contributed by atoms with van der Waals surface area (Å²) >= 11 is 1.53. The molecule has 1 amide bonds. The Kier molecular flexibility index (Phi) is 4.31. The van der Waals surface area contributed by atoms with Gasteiger partial charge < -0.3 is 9.64 Å². The summed E-state index contributed by atoms with van der Waals surface area (Å²) in [5.74, 6) is 1.56. The molecule has 21 heavy (non-hydrogen) atoms. The Labute approximate surface area is 127 Å². The summed E-state index contributed by atoms with van der Waals surface area (Å²) < 4.78 is 5.72. The van der Waals surface area contributed by atoms with Gasteiger partial charge in [0.1, 0.15) is 11.9 Å². The number of thiophene rings is 1. The number of H-pyrrole nitrogens is 1. The van der Waals surface area contributed by atoms with Gasteiger partial charge in [-0.1, -0.05) is 6.92 Å². The van der Waals surface area contributed by atoms with E-state index in [1.54, 1.807) is 0 Å². The quantitative estimate of drug-likeness (QED) is 0.938. The van der Waals surface area contributed by atoms with E-state index in [1.165, 1.54) is 11.3 Å². The lowest BCUT2D eigenvalue weighted by Crippen LogP contribution is -2.42. The number of rotatable bonds is 4. The molecule has 0 aromatic carbocycles. The first-order valence-electron chi connectivity index (χ1n) is 7.12. The highest BCUT2D eigenvalue weighted by atomic mass is 32.1. The van der Waals surface area contributed by atoms with Crippen LogP contribution >= 0.6 is 11.3 Å². The molecule has 112 valence electrons. The van der Waals surface area contributed by atoms with Crippen LogP contribution in [0.3, 0.4) is 0 Å². The van der Waals surface area contributed by atoms with Crippen molar-refractivity contribution in [2.45, 2.75) is 25.9 Å². The van der Waals surface area contributed by atoms with Gasteiger partial charge in [0.05, 0.1) is 18.7 Å². The first-order valence-corrected chi connectivity index (χ1v) is 8.06. The molecule has 2 aromatic heterocycles. The smallest absolute Gasteiger partial charge is 0.254 e. The average molecular weight is 306 g/mol. The van der Waals surface area contributed by atoms with Gasteiger partial charge in [-0.05, 0) is 17.9 Å². The van der Waals surface area contributed by atoms with E-state index in [9.17, 15) is 4.79 Å². The fourth-order valence-corrected chi connectivity index (χ4v) is 2.99. The predicted octanol–water partition coefficient (Wildman–Crippen LogP) is 2.03. The lowest BCUT2D eigenvalue weighted by atomic mass is 10.2. The van der Waals surface area contributed by atoms with Crippen molar-refractivity contribution in [3.8, 4) is 0 Å². The Hall–Kier alpha value is -1.73. The largest absolute Gasteiger partial charge is 0.366 e. The van der Waals surface area contributed by atoms with Gasteiger partial charge in [0.25, 0.3) is 5.91 Å². The number of carbonyl (C=O) groups is 1. The van der Waals surface area contributed by atoms with E-state index in [0.717, 1.165) is 24.2 Å². The minimum absolute atomic E-state index is 0.0499.